The molecule has 7 heterocycles. The van der Waals surface area contributed by atoms with Crippen LogP contribution in [0.5, 0.6) is 0 Å². The Balaban J connectivity index is 1.03. The topological polar surface area (TPSA) is 40.4 Å². The lowest BCUT2D eigenvalue weighted by Crippen LogP contribution is -2.74. The molecule has 1 aromatic heterocycles. The third-order valence-corrected chi connectivity index (χ3v) is 15.4. The molecule has 13 rings (SSSR count). The van der Waals surface area contributed by atoms with Crippen LogP contribution in [-0.4, -0.2) is 36.1 Å². The number of fused-ring (bicyclic) bond motifs is 19. The second-order valence-electron chi connectivity index (χ2n) is 18.2. The number of para-hydroxylation sites is 2. The van der Waals surface area contributed by atoms with E-state index in [1.165, 1.54) is 55.9 Å². The highest BCUT2D eigenvalue weighted by Gasteiger charge is 2.73. The average molecular weight is 809 g/mol. The van der Waals surface area contributed by atoms with Gasteiger partial charge in [-0.1, -0.05) is 113 Å². The highest BCUT2D eigenvalue weighted by Crippen LogP contribution is 2.72. The summed E-state index contributed by atoms with van der Waals surface area (Å²) in [6.45, 7) is 9.11. The van der Waals surface area contributed by atoms with E-state index >= 15 is 0 Å². The molecule has 0 fully saturated rings. The number of alkyl halides is 3. The summed E-state index contributed by atoms with van der Waals surface area (Å²) in [6, 6.07) is 23.0. The molecule has 9 aliphatic rings. The van der Waals surface area contributed by atoms with Crippen LogP contribution in [0.2, 0.25) is 0 Å². The van der Waals surface area contributed by atoms with Gasteiger partial charge in [0.05, 0.1) is 39.9 Å². The zero-order valence-corrected chi connectivity index (χ0v) is 34.5. The van der Waals surface area contributed by atoms with E-state index < -0.39 is 23.0 Å². The van der Waals surface area contributed by atoms with Gasteiger partial charge in [0.15, 0.2) is 5.82 Å². The molecule has 0 spiro atoms. The van der Waals surface area contributed by atoms with E-state index in [0.717, 1.165) is 47.5 Å². The molecule has 0 saturated heterocycles. The van der Waals surface area contributed by atoms with Crippen LogP contribution in [0.15, 0.2) is 139 Å². The third kappa shape index (κ3) is 4.02. The predicted molar refractivity (Wildman–Crippen MR) is 234 cm³/mol. The number of hydrogen-bond donors (Lipinski definition) is 0. The summed E-state index contributed by atoms with van der Waals surface area (Å²) in [5.74, 6) is -0.873. The van der Waals surface area contributed by atoms with E-state index in [2.05, 4.69) is 162 Å². The maximum Gasteiger partial charge on any atom is 0.453 e. The number of hydrogen-bond acceptors (Lipinski definition) is 5. The number of halogens is 3. The maximum atomic E-state index is 14.5. The molecule has 0 radical (unpaired) electrons. The standard InChI is InChI=1S/C52H43F3N6/c1-5-50-37-23-21-31(32-22-24-40-35(28-32)34-16-13-18-39-44(34)60(40)41-19-10-9-17-38(41)49(39,3)4)29-36(37)43-33-15-8-7-14-30(33)25-27-59(43)51(50,6-2)46-45(50)58-26-12-11-20-42(58)47-56-48(52(53,54)55)57-61(46)47/h7-10,12-14,16-23,25-29,40H,5-6,11,15,24H2,1-4H3. The summed E-state index contributed by atoms with van der Waals surface area (Å²) < 4.78 is 45.0. The Labute approximate surface area is 353 Å². The zero-order valence-electron chi connectivity index (χ0n) is 34.5. The van der Waals surface area contributed by atoms with Gasteiger partial charge in [-0.25, -0.2) is 9.67 Å². The van der Waals surface area contributed by atoms with Crippen molar-refractivity contribution in [2.75, 3.05) is 4.90 Å². The van der Waals surface area contributed by atoms with Gasteiger partial charge in [0, 0.05) is 34.6 Å². The number of rotatable bonds is 3. The molecule has 6 nitrogen and oxygen atoms in total. The second kappa shape index (κ2) is 11.5. The Morgan fingerprint density at radius 1 is 0.852 bits per heavy atom. The molecule has 3 aliphatic carbocycles. The van der Waals surface area contributed by atoms with Crippen molar-refractivity contribution in [3.05, 3.63) is 184 Å². The second-order valence-corrected chi connectivity index (χ2v) is 18.2. The average Bonchev–Trinajstić information content (AvgIpc) is 3.87. The molecule has 3 aromatic carbocycles. The Morgan fingerprint density at radius 2 is 1.70 bits per heavy atom. The van der Waals surface area contributed by atoms with Gasteiger partial charge in [-0.3, -0.25) is 0 Å². The maximum absolute atomic E-state index is 14.5. The normalized spacial score (nSPS) is 26.3. The first-order chi connectivity index (χ1) is 29.5. The quantitative estimate of drug-likeness (QED) is 0.206. The number of allylic oxidation sites excluding steroid dienone is 10. The lowest BCUT2D eigenvalue weighted by Gasteiger charge is -2.70. The van der Waals surface area contributed by atoms with Gasteiger partial charge >= 0.3 is 6.18 Å². The molecule has 9 heteroatoms. The minimum atomic E-state index is -4.69. The Morgan fingerprint density at radius 3 is 2.54 bits per heavy atom. The molecule has 302 valence electrons. The van der Waals surface area contributed by atoms with Crippen LogP contribution in [0, 0.1) is 0 Å². The van der Waals surface area contributed by atoms with E-state index in [1.807, 2.05) is 12.3 Å². The fourth-order valence-electron chi connectivity index (χ4n) is 12.9. The zero-order chi connectivity index (χ0) is 41.4. The number of aromatic nitrogens is 3. The number of anilines is 2. The molecule has 3 atom stereocenters. The Hall–Kier alpha value is -6.35. The first-order valence-electron chi connectivity index (χ1n) is 21.7. The lowest BCUT2D eigenvalue weighted by atomic mass is 9.46. The van der Waals surface area contributed by atoms with Crippen LogP contribution in [-0.2, 0) is 17.0 Å². The molecule has 4 aromatic rings. The van der Waals surface area contributed by atoms with Crippen molar-refractivity contribution in [2.24, 2.45) is 0 Å². The van der Waals surface area contributed by atoms with Gasteiger partial charge in [0.2, 0.25) is 0 Å². The van der Waals surface area contributed by atoms with E-state index in [-0.39, 0.29) is 17.3 Å². The van der Waals surface area contributed by atoms with Crippen molar-refractivity contribution in [1.29, 1.82) is 0 Å². The smallest absolute Gasteiger partial charge is 0.334 e. The van der Waals surface area contributed by atoms with E-state index in [0.29, 0.717) is 18.5 Å². The molecule has 0 bridgehead atoms. The van der Waals surface area contributed by atoms with E-state index in [1.54, 1.807) is 4.68 Å². The molecular formula is C52H43F3N6. The number of nitrogens with zero attached hydrogens (tertiary/aromatic N) is 6. The minimum Gasteiger partial charge on any atom is -0.334 e. The largest absolute Gasteiger partial charge is 0.453 e. The van der Waals surface area contributed by atoms with Crippen LogP contribution in [0.3, 0.4) is 0 Å². The number of benzene rings is 3. The van der Waals surface area contributed by atoms with Crippen molar-refractivity contribution in [1.82, 2.24) is 24.6 Å². The highest BCUT2D eigenvalue weighted by molar-refractivity contribution is 6.02. The van der Waals surface area contributed by atoms with Crippen molar-refractivity contribution in [3.8, 4) is 0 Å². The fraction of sp³-hybridized carbons (Fsp3) is 0.269. The third-order valence-electron chi connectivity index (χ3n) is 15.4. The fourth-order valence-corrected chi connectivity index (χ4v) is 12.9. The van der Waals surface area contributed by atoms with Crippen molar-refractivity contribution in [2.45, 2.75) is 88.4 Å². The first kappa shape index (κ1) is 35.4. The van der Waals surface area contributed by atoms with Crippen LogP contribution < -0.4 is 4.90 Å². The minimum absolute atomic E-state index is 0.118. The van der Waals surface area contributed by atoms with Gasteiger partial charge in [-0.05, 0) is 101 Å². The van der Waals surface area contributed by atoms with Gasteiger partial charge < -0.3 is 14.7 Å². The van der Waals surface area contributed by atoms with Gasteiger partial charge in [0.1, 0.15) is 5.54 Å². The summed E-state index contributed by atoms with van der Waals surface area (Å²) in [4.78, 5) is 11.3. The van der Waals surface area contributed by atoms with Crippen LogP contribution >= 0.6 is 0 Å². The SMILES string of the molecule is CCC12C3=C(n4nc(C(F)(F)F)nc4C4=CCC=CN43)C1(CC)N1C=CC3=CC=CCC3=C1c1cc(C3=CCC4C(=C3)c3cccc5c3N4c3ccccc3C5(C)C)ccc12. The molecule has 3 unspecified atom stereocenters. The van der Waals surface area contributed by atoms with Gasteiger partial charge in [-0.2, -0.15) is 13.2 Å². The molecule has 0 amide bonds. The molecule has 6 aliphatic heterocycles. The van der Waals surface area contributed by atoms with Crippen molar-refractivity contribution < 1.29 is 13.2 Å². The lowest BCUT2D eigenvalue weighted by molar-refractivity contribution is -0.144. The van der Waals surface area contributed by atoms with E-state index in [9.17, 15) is 13.2 Å². The molecule has 0 N–H and O–H groups in total. The van der Waals surface area contributed by atoms with Crippen molar-refractivity contribution in [3.63, 3.8) is 0 Å². The summed E-state index contributed by atoms with van der Waals surface area (Å²) >= 11 is 0. The van der Waals surface area contributed by atoms with Gasteiger partial charge in [-0.15, -0.1) is 5.10 Å². The Kier molecular flexibility index (Phi) is 6.68. The summed E-state index contributed by atoms with van der Waals surface area (Å²) in [5.41, 5.74) is 17.2. The van der Waals surface area contributed by atoms with Crippen LogP contribution in [0.1, 0.15) is 105 Å². The Bertz CT molecular complexity index is 3030. The van der Waals surface area contributed by atoms with Crippen LogP contribution in [0.25, 0.3) is 28.2 Å². The molecule has 61 heavy (non-hydrogen) atoms. The molecular weight excluding hydrogens is 766 g/mol. The summed E-state index contributed by atoms with van der Waals surface area (Å²) in [6.07, 6.45) is 20.8. The van der Waals surface area contributed by atoms with E-state index in [4.69, 9.17) is 0 Å². The summed E-state index contributed by atoms with van der Waals surface area (Å²) in [7, 11) is 0. The predicted octanol–water partition coefficient (Wildman–Crippen LogP) is 12.0. The van der Waals surface area contributed by atoms with Crippen molar-refractivity contribution >= 4 is 39.6 Å². The summed E-state index contributed by atoms with van der Waals surface area (Å²) in [5, 5.41) is 4.30. The van der Waals surface area contributed by atoms with Gasteiger partial charge in [0.25, 0.3) is 5.82 Å². The first-order valence-corrected chi connectivity index (χ1v) is 21.7. The van der Waals surface area contributed by atoms with Crippen LogP contribution in [0.4, 0.5) is 24.5 Å². The molecule has 0 saturated carbocycles. The highest BCUT2D eigenvalue weighted by atomic mass is 19.4. The monoisotopic (exact) mass is 808 g/mol.